The second-order valence-electron chi connectivity index (χ2n) is 8.28. The number of anilines is 2. The van der Waals surface area contributed by atoms with Gasteiger partial charge in [-0.1, -0.05) is 60.4 Å². The molecule has 0 radical (unpaired) electrons. The van der Waals surface area contributed by atoms with Gasteiger partial charge in [-0.3, -0.25) is 9.59 Å². The fourth-order valence-electron chi connectivity index (χ4n) is 3.80. The number of amides is 1. The van der Waals surface area contributed by atoms with Gasteiger partial charge in [0.25, 0.3) is 11.5 Å². The Bertz CT molecular complexity index is 1670. The van der Waals surface area contributed by atoms with E-state index in [2.05, 4.69) is 32.4 Å². The maximum absolute atomic E-state index is 12.8. The highest BCUT2D eigenvalue weighted by atomic mass is 16.2. The van der Waals surface area contributed by atoms with Crippen molar-refractivity contribution < 1.29 is 4.79 Å². The first-order chi connectivity index (χ1) is 18.2. The van der Waals surface area contributed by atoms with Crippen LogP contribution in [0.1, 0.15) is 21.5 Å². The molecule has 0 aliphatic rings. The Morgan fingerprint density at radius 1 is 0.919 bits per heavy atom. The summed E-state index contributed by atoms with van der Waals surface area (Å²) < 4.78 is 1.52. The zero-order valence-corrected chi connectivity index (χ0v) is 19.9. The van der Waals surface area contributed by atoms with Crippen molar-refractivity contribution in [1.29, 1.82) is 0 Å². The van der Waals surface area contributed by atoms with E-state index in [0.717, 1.165) is 27.7 Å². The summed E-state index contributed by atoms with van der Waals surface area (Å²) in [5.74, 6) is 6.04. The molecule has 7 heteroatoms. The summed E-state index contributed by atoms with van der Waals surface area (Å²) in [5, 5.41) is 6.75. The monoisotopic (exact) mass is 485 g/mol. The molecule has 0 saturated heterocycles. The van der Waals surface area contributed by atoms with Gasteiger partial charge in [0.15, 0.2) is 0 Å². The molecule has 0 saturated carbocycles. The topological polar surface area (TPSA) is 88.9 Å². The minimum Gasteiger partial charge on any atom is -0.341 e. The summed E-state index contributed by atoms with van der Waals surface area (Å²) in [6.45, 7) is 0.510. The Balaban J connectivity index is 1.22. The number of aromatic nitrogens is 3. The van der Waals surface area contributed by atoms with Gasteiger partial charge < -0.3 is 15.2 Å². The lowest BCUT2D eigenvalue weighted by Gasteiger charge is -2.08. The lowest BCUT2D eigenvalue weighted by atomic mass is 10.1. The predicted octanol–water partition coefficient (Wildman–Crippen LogP) is 4.36. The van der Waals surface area contributed by atoms with Gasteiger partial charge in [-0.25, -0.2) is 9.97 Å². The summed E-state index contributed by atoms with van der Waals surface area (Å²) in [7, 11) is 0. The number of nitrogens with one attached hydrogen (secondary N) is 2. The quantitative estimate of drug-likeness (QED) is 0.349. The second-order valence-corrected chi connectivity index (χ2v) is 8.28. The van der Waals surface area contributed by atoms with E-state index < -0.39 is 5.91 Å². The molecule has 0 aliphatic heterocycles. The maximum atomic E-state index is 12.8. The van der Waals surface area contributed by atoms with Gasteiger partial charge in [0, 0.05) is 29.0 Å². The summed E-state index contributed by atoms with van der Waals surface area (Å²) in [6, 6.07) is 28.2. The molecular weight excluding hydrogens is 462 g/mol. The van der Waals surface area contributed by atoms with E-state index in [4.69, 9.17) is 0 Å². The SMILES string of the molecule is O=C(NCC#Cc1ccc2nc(Nc3ccccc3)ncc2c1)c1cccn(Cc2ccccc2)c1=O. The van der Waals surface area contributed by atoms with Crippen LogP contribution in [0.5, 0.6) is 0 Å². The number of hydrogen-bond donors (Lipinski definition) is 2. The Hall–Kier alpha value is -5.22. The predicted molar refractivity (Wildman–Crippen MR) is 145 cm³/mol. The van der Waals surface area contributed by atoms with Crippen LogP contribution >= 0.6 is 0 Å². The molecule has 37 heavy (non-hydrogen) atoms. The number of benzene rings is 3. The highest BCUT2D eigenvalue weighted by Crippen LogP contribution is 2.17. The van der Waals surface area contributed by atoms with Crippen LogP contribution in [0, 0.1) is 11.8 Å². The van der Waals surface area contributed by atoms with E-state index >= 15 is 0 Å². The average Bonchev–Trinajstić information content (AvgIpc) is 2.93. The zero-order chi connectivity index (χ0) is 25.5. The highest BCUT2D eigenvalue weighted by molar-refractivity contribution is 5.94. The molecule has 0 atom stereocenters. The van der Waals surface area contributed by atoms with E-state index in [0.29, 0.717) is 12.5 Å². The average molecular weight is 486 g/mol. The second kappa shape index (κ2) is 11.0. The fourth-order valence-corrected chi connectivity index (χ4v) is 3.80. The van der Waals surface area contributed by atoms with Crippen LogP contribution in [0.25, 0.3) is 10.9 Å². The molecular formula is C30H23N5O2. The van der Waals surface area contributed by atoms with E-state index in [9.17, 15) is 9.59 Å². The molecule has 5 rings (SSSR count). The van der Waals surface area contributed by atoms with Crippen molar-refractivity contribution in [3.63, 3.8) is 0 Å². The lowest BCUT2D eigenvalue weighted by Crippen LogP contribution is -2.33. The third-order valence-electron chi connectivity index (χ3n) is 5.64. The standard InChI is InChI=1S/C30H23N5O2/c36-28(26-14-8-18-35(29(26)37)21-23-9-3-1-4-10-23)31-17-7-11-22-15-16-27-24(19-22)20-32-30(34-27)33-25-12-5-2-6-13-25/h1-6,8-10,12-16,18-20H,17,21H2,(H,31,36)(H,32,33,34). The van der Waals surface area contributed by atoms with E-state index in [1.54, 1.807) is 18.5 Å². The van der Waals surface area contributed by atoms with E-state index in [-0.39, 0.29) is 17.7 Å². The number of carbonyl (C=O) groups is 1. The molecule has 0 fully saturated rings. The third-order valence-corrected chi connectivity index (χ3v) is 5.64. The first-order valence-corrected chi connectivity index (χ1v) is 11.7. The molecule has 2 aromatic heterocycles. The van der Waals surface area contributed by atoms with Crippen LogP contribution in [-0.4, -0.2) is 27.0 Å². The summed E-state index contributed by atoms with van der Waals surface area (Å²) >= 11 is 0. The van der Waals surface area contributed by atoms with Crippen LogP contribution in [0.3, 0.4) is 0 Å². The Kier molecular flexibility index (Phi) is 7.00. The van der Waals surface area contributed by atoms with Gasteiger partial charge in [0.1, 0.15) is 5.56 Å². The number of fused-ring (bicyclic) bond motifs is 1. The number of hydrogen-bond acceptors (Lipinski definition) is 5. The van der Waals surface area contributed by atoms with Crippen LogP contribution in [0.2, 0.25) is 0 Å². The van der Waals surface area contributed by atoms with Crippen LogP contribution in [-0.2, 0) is 6.54 Å². The first-order valence-electron chi connectivity index (χ1n) is 11.7. The molecule has 2 N–H and O–H groups in total. The van der Waals surface area contributed by atoms with E-state index in [1.165, 1.54) is 10.6 Å². The molecule has 3 aromatic carbocycles. The first kappa shape index (κ1) is 23.5. The van der Waals surface area contributed by atoms with Gasteiger partial charge in [-0.05, 0) is 48.0 Å². The maximum Gasteiger partial charge on any atom is 0.263 e. The lowest BCUT2D eigenvalue weighted by molar-refractivity contribution is 0.0956. The largest absolute Gasteiger partial charge is 0.341 e. The molecule has 0 aliphatic carbocycles. The third kappa shape index (κ3) is 5.89. The minimum absolute atomic E-state index is 0.0861. The molecule has 0 bridgehead atoms. The highest BCUT2D eigenvalue weighted by Gasteiger charge is 2.11. The van der Waals surface area contributed by atoms with Crippen molar-refractivity contribution in [3.05, 3.63) is 130 Å². The normalized spacial score (nSPS) is 10.4. The van der Waals surface area contributed by atoms with Gasteiger partial charge in [0.05, 0.1) is 18.6 Å². The van der Waals surface area contributed by atoms with Crippen molar-refractivity contribution in [2.24, 2.45) is 0 Å². The van der Waals surface area contributed by atoms with Gasteiger partial charge in [-0.2, -0.15) is 0 Å². The summed E-state index contributed by atoms with van der Waals surface area (Å²) in [4.78, 5) is 34.3. The van der Waals surface area contributed by atoms with Gasteiger partial charge in [-0.15, -0.1) is 0 Å². The molecule has 2 heterocycles. The number of para-hydroxylation sites is 1. The van der Waals surface area contributed by atoms with Crippen molar-refractivity contribution >= 4 is 28.4 Å². The zero-order valence-electron chi connectivity index (χ0n) is 19.9. The number of pyridine rings is 1. The molecule has 1 amide bonds. The van der Waals surface area contributed by atoms with E-state index in [1.807, 2.05) is 78.9 Å². The van der Waals surface area contributed by atoms with Crippen LogP contribution in [0.4, 0.5) is 11.6 Å². The van der Waals surface area contributed by atoms with Crippen molar-refractivity contribution in [1.82, 2.24) is 19.9 Å². The number of carbonyl (C=O) groups excluding carboxylic acids is 1. The van der Waals surface area contributed by atoms with Crippen LogP contribution < -0.4 is 16.2 Å². The molecule has 0 spiro atoms. The Morgan fingerprint density at radius 3 is 2.51 bits per heavy atom. The van der Waals surface area contributed by atoms with Gasteiger partial charge in [0.2, 0.25) is 5.95 Å². The van der Waals surface area contributed by atoms with Crippen LogP contribution in [0.15, 0.2) is 108 Å². The summed E-state index contributed by atoms with van der Waals surface area (Å²) in [6.07, 6.45) is 3.42. The van der Waals surface area contributed by atoms with Crippen molar-refractivity contribution in [2.75, 3.05) is 11.9 Å². The fraction of sp³-hybridized carbons (Fsp3) is 0.0667. The Labute approximate surface area is 213 Å². The van der Waals surface area contributed by atoms with Gasteiger partial charge >= 0.3 is 0 Å². The molecule has 180 valence electrons. The number of rotatable bonds is 6. The molecule has 5 aromatic rings. The summed E-state index contributed by atoms with van der Waals surface area (Å²) in [5.41, 5.74) is 3.21. The Morgan fingerprint density at radius 2 is 1.70 bits per heavy atom. The smallest absolute Gasteiger partial charge is 0.263 e. The minimum atomic E-state index is -0.452. The van der Waals surface area contributed by atoms with Crippen molar-refractivity contribution in [2.45, 2.75) is 6.54 Å². The van der Waals surface area contributed by atoms with Crippen molar-refractivity contribution in [3.8, 4) is 11.8 Å². The number of nitrogens with zero attached hydrogens (tertiary/aromatic N) is 3. The molecule has 0 unspecified atom stereocenters. The molecule has 7 nitrogen and oxygen atoms in total.